The van der Waals surface area contributed by atoms with Gasteiger partial charge in [-0.3, -0.25) is 9.69 Å². The molecule has 0 radical (unpaired) electrons. The maximum Gasteiger partial charge on any atom is 0.414 e. The van der Waals surface area contributed by atoms with Gasteiger partial charge < -0.3 is 4.74 Å². The van der Waals surface area contributed by atoms with Crippen molar-refractivity contribution in [1.82, 2.24) is 4.90 Å². The minimum absolute atomic E-state index is 0.00587. The van der Waals surface area contributed by atoms with Gasteiger partial charge in [-0.15, -0.1) is 0 Å². The minimum Gasteiger partial charge on any atom is -0.443 e. The average Bonchev–Trinajstić information content (AvgIpc) is 2.40. The second kappa shape index (κ2) is 6.02. The van der Waals surface area contributed by atoms with Crippen LogP contribution in [0.2, 0.25) is 0 Å². The molecule has 4 nitrogen and oxygen atoms in total. The first-order valence-electron chi connectivity index (χ1n) is 6.78. The molecule has 0 saturated heterocycles. The lowest BCUT2D eigenvalue weighted by molar-refractivity contribution is -0.115. The van der Waals surface area contributed by atoms with Crippen molar-refractivity contribution in [1.29, 1.82) is 0 Å². The lowest BCUT2D eigenvalue weighted by atomic mass is 10.0. The van der Waals surface area contributed by atoms with E-state index in [0.29, 0.717) is 16.7 Å². The number of Topliss-reactive ketones (excluding diaryl/α,β-unsaturated/α-hetero) is 1. The Morgan fingerprint density at radius 3 is 2.43 bits per heavy atom. The Hall–Kier alpha value is -1.62. The van der Waals surface area contributed by atoms with Crippen molar-refractivity contribution in [2.45, 2.75) is 32.8 Å². The number of hydrogen-bond acceptors (Lipinski definition) is 3. The molecule has 0 atom stereocenters. The van der Waals surface area contributed by atoms with Gasteiger partial charge in [0.2, 0.25) is 0 Å². The zero-order valence-corrected chi connectivity index (χ0v) is 13.9. The first kappa shape index (κ1) is 15.8. The Morgan fingerprint density at radius 1 is 1.24 bits per heavy atom. The Labute approximate surface area is 132 Å². The van der Waals surface area contributed by atoms with Crippen molar-refractivity contribution >= 4 is 33.5 Å². The molecule has 0 aliphatic carbocycles. The number of allylic oxidation sites excluding steroid dienone is 1. The lowest BCUT2D eigenvalue weighted by Crippen LogP contribution is -2.39. The van der Waals surface area contributed by atoms with Crippen LogP contribution in [-0.4, -0.2) is 28.9 Å². The second-order valence-corrected chi connectivity index (χ2v) is 6.63. The molecule has 1 heterocycles. The number of nitrogens with zero attached hydrogens (tertiary/aromatic N) is 1. The summed E-state index contributed by atoms with van der Waals surface area (Å²) >= 11 is 3.33. The van der Waals surface area contributed by atoms with Crippen LogP contribution >= 0.6 is 15.9 Å². The number of ether oxygens (including phenoxy) is 1. The Kier molecular flexibility index (Phi) is 4.52. The summed E-state index contributed by atoms with van der Waals surface area (Å²) in [4.78, 5) is 25.9. The van der Waals surface area contributed by atoms with Gasteiger partial charge in [0, 0.05) is 13.0 Å². The molecule has 0 N–H and O–H groups in total. The summed E-state index contributed by atoms with van der Waals surface area (Å²) in [5, 5.41) is 0. The third kappa shape index (κ3) is 3.73. The van der Waals surface area contributed by atoms with Crippen LogP contribution in [0.1, 0.15) is 32.8 Å². The molecule has 21 heavy (non-hydrogen) atoms. The van der Waals surface area contributed by atoms with E-state index in [-0.39, 0.29) is 12.2 Å². The molecule has 2 rings (SSSR count). The normalized spacial score (nSPS) is 16.2. The monoisotopic (exact) mass is 351 g/mol. The lowest BCUT2D eigenvalue weighted by Gasteiger charge is -2.32. The fraction of sp³-hybridized carbons (Fsp3) is 0.375. The highest BCUT2D eigenvalue weighted by Crippen LogP contribution is 2.32. The number of amides is 1. The zero-order valence-electron chi connectivity index (χ0n) is 12.4. The standard InChI is InChI=1S/C16H18BrNO3/c1-16(2,3)21-15(20)18-10-9-12(19)13(17)14(18)11-7-5-4-6-8-11/h4-8H,9-10H2,1-3H3. The fourth-order valence-corrected chi connectivity index (χ4v) is 2.70. The molecule has 1 aliphatic rings. The number of ketones is 1. The van der Waals surface area contributed by atoms with Gasteiger partial charge in [0.05, 0.1) is 10.2 Å². The molecule has 1 aliphatic heterocycles. The number of hydrogen-bond donors (Lipinski definition) is 0. The molecule has 1 amide bonds. The largest absolute Gasteiger partial charge is 0.443 e. The van der Waals surface area contributed by atoms with Crippen LogP contribution < -0.4 is 0 Å². The van der Waals surface area contributed by atoms with E-state index >= 15 is 0 Å². The van der Waals surface area contributed by atoms with Crippen LogP contribution in [0, 0.1) is 0 Å². The van der Waals surface area contributed by atoms with Crippen LogP contribution in [0.15, 0.2) is 34.8 Å². The van der Waals surface area contributed by atoms with Crippen LogP contribution in [-0.2, 0) is 9.53 Å². The molecular weight excluding hydrogens is 334 g/mol. The van der Waals surface area contributed by atoms with Gasteiger partial charge in [0.25, 0.3) is 0 Å². The van der Waals surface area contributed by atoms with E-state index in [4.69, 9.17) is 4.74 Å². The quantitative estimate of drug-likeness (QED) is 0.769. The van der Waals surface area contributed by atoms with Gasteiger partial charge in [-0.1, -0.05) is 30.3 Å². The van der Waals surface area contributed by atoms with Crippen molar-refractivity contribution in [3.05, 3.63) is 40.4 Å². The predicted octanol–water partition coefficient (Wildman–Crippen LogP) is 3.96. The Bertz CT molecular complexity index is 587. The molecule has 0 fully saturated rings. The summed E-state index contributed by atoms with van der Waals surface area (Å²) in [6.45, 7) is 5.79. The molecule has 0 aromatic heterocycles. The highest BCUT2D eigenvalue weighted by molar-refractivity contribution is 9.12. The van der Waals surface area contributed by atoms with Crippen molar-refractivity contribution in [2.75, 3.05) is 6.54 Å². The summed E-state index contributed by atoms with van der Waals surface area (Å²) in [5.41, 5.74) is 0.802. The van der Waals surface area contributed by atoms with Crippen molar-refractivity contribution in [3.8, 4) is 0 Å². The van der Waals surface area contributed by atoms with Gasteiger partial charge >= 0.3 is 6.09 Å². The molecule has 1 aromatic rings. The fourth-order valence-electron chi connectivity index (χ4n) is 2.06. The smallest absolute Gasteiger partial charge is 0.414 e. The first-order valence-corrected chi connectivity index (χ1v) is 7.58. The van der Waals surface area contributed by atoms with Crippen LogP contribution in [0.4, 0.5) is 4.79 Å². The molecule has 5 heteroatoms. The van der Waals surface area contributed by atoms with Crippen molar-refractivity contribution in [2.24, 2.45) is 0 Å². The zero-order chi connectivity index (χ0) is 15.6. The van der Waals surface area contributed by atoms with E-state index in [1.54, 1.807) is 0 Å². The number of halogens is 1. The summed E-state index contributed by atoms with van der Waals surface area (Å²) in [5.74, 6) is -0.00587. The average molecular weight is 352 g/mol. The second-order valence-electron chi connectivity index (χ2n) is 5.83. The maximum absolute atomic E-state index is 12.4. The molecular formula is C16H18BrNO3. The molecule has 0 unspecified atom stereocenters. The third-order valence-corrected chi connectivity index (χ3v) is 3.76. The molecule has 0 bridgehead atoms. The van der Waals surface area contributed by atoms with Gasteiger partial charge in [-0.2, -0.15) is 0 Å². The minimum atomic E-state index is -0.577. The first-order chi connectivity index (χ1) is 9.79. The predicted molar refractivity (Wildman–Crippen MR) is 84.9 cm³/mol. The molecule has 1 aromatic carbocycles. The van der Waals surface area contributed by atoms with Crippen LogP contribution in [0.5, 0.6) is 0 Å². The summed E-state index contributed by atoms with van der Waals surface area (Å²) in [6, 6.07) is 9.36. The van der Waals surface area contributed by atoms with E-state index in [0.717, 1.165) is 5.56 Å². The number of benzene rings is 1. The van der Waals surface area contributed by atoms with E-state index < -0.39 is 11.7 Å². The highest BCUT2D eigenvalue weighted by Gasteiger charge is 2.32. The maximum atomic E-state index is 12.4. The van der Waals surface area contributed by atoms with Crippen molar-refractivity contribution < 1.29 is 14.3 Å². The highest BCUT2D eigenvalue weighted by atomic mass is 79.9. The summed E-state index contributed by atoms with van der Waals surface area (Å²) in [6.07, 6.45) is -0.151. The summed E-state index contributed by atoms with van der Waals surface area (Å²) < 4.78 is 5.86. The van der Waals surface area contributed by atoms with Crippen molar-refractivity contribution in [3.63, 3.8) is 0 Å². The molecule has 0 spiro atoms. The Morgan fingerprint density at radius 2 is 1.86 bits per heavy atom. The van der Waals surface area contributed by atoms with E-state index in [1.807, 2.05) is 51.1 Å². The summed E-state index contributed by atoms with van der Waals surface area (Å²) in [7, 11) is 0. The SMILES string of the molecule is CC(C)(C)OC(=O)N1CCC(=O)C(Br)=C1c1ccccc1. The topological polar surface area (TPSA) is 46.6 Å². The Balaban J connectivity index is 2.41. The third-order valence-electron chi connectivity index (χ3n) is 2.95. The molecule has 0 saturated carbocycles. The van der Waals surface area contributed by atoms with Gasteiger partial charge in [0.15, 0.2) is 5.78 Å². The van der Waals surface area contributed by atoms with Gasteiger partial charge in [0.1, 0.15) is 5.60 Å². The van der Waals surface area contributed by atoms with E-state index in [1.165, 1.54) is 4.90 Å². The molecule has 112 valence electrons. The number of rotatable bonds is 1. The van der Waals surface area contributed by atoms with E-state index in [9.17, 15) is 9.59 Å². The van der Waals surface area contributed by atoms with Gasteiger partial charge in [-0.25, -0.2) is 4.79 Å². The van der Waals surface area contributed by atoms with Crippen LogP contribution in [0.25, 0.3) is 5.70 Å². The van der Waals surface area contributed by atoms with E-state index in [2.05, 4.69) is 15.9 Å². The van der Waals surface area contributed by atoms with Crippen LogP contribution in [0.3, 0.4) is 0 Å². The number of carbonyl (C=O) groups excluding carboxylic acids is 2. The number of carbonyl (C=O) groups is 2. The van der Waals surface area contributed by atoms with Gasteiger partial charge in [-0.05, 0) is 42.3 Å².